The minimum absolute atomic E-state index is 0.0217. The molecule has 0 amide bonds. The summed E-state index contributed by atoms with van der Waals surface area (Å²) in [5.41, 5.74) is 0.737. The van der Waals surface area contributed by atoms with Crippen LogP contribution in [0.5, 0.6) is 11.6 Å². The molecule has 2 aromatic heterocycles. The summed E-state index contributed by atoms with van der Waals surface area (Å²) in [4.78, 5) is 40.4. The highest BCUT2D eigenvalue weighted by Crippen LogP contribution is 2.34. The quantitative estimate of drug-likeness (QED) is 0.250. The molecule has 0 aliphatic carbocycles. The Kier molecular flexibility index (Phi) is 9.99. The van der Waals surface area contributed by atoms with Crippen LogP contribution in [-0.4, -0.2) is 63.0 Å². The van der Waals surface area contributed by atoms with Crippen molar-refractivity contribution >= 4 is 40.3 Å². The van der Waals surface area contributed by atoms with Gasteiger partial charge in [-0.2, -0.15) is 0 Å². The number of rotatable bonds is 13. The monoisotopic (exact) mass is 600 g/mol. The van der Waals surface area contributed by atoms with Gasteiger partial charge in [0.2, 0.25) is 5.88 Å². The molecule has 1 aliphatic heterocycles. The van der Waals surface area contributed by atoms with Gasteiger partial charge in [-0.05, 0) is 44.4 Å². The molecule has 1 saturated heterocycles. The van der Waals surface area contributed by atoms with Gasteiger partial charge >= 0.3 is 0 Å². The fourth-order valence-corrected chi connectivity index (χ4v) is 5.88. The van der Waals surface area contributed by atoms with Gasteiger partial charge in [-0.3, -0.25) is 9.59 Å². The summed E-state index contributed by atoms with van der Waals surface area (Å²) in [7, 11) is 0. The van der Waals surface area contributed by atoms with E-state index in [1.165, 1.54) is 17.7 Å². The van der Waals surface area contributed by atoms with Crippen LogP contribution in [0.3, 0.4) is 0 Å². The lowest BCUT2D eigenvalue weighted by atomic mass is 9.95. The van der Waals surface area contributed by atoms with E-state index in [0.29, 0.717) is 45.8 Å². The van der Waals surface area contributed by atoms with Crippen molar-refractivity contribution in [3.05, 3.63) is 56.8 Å². The minimum atomic E-state index is -1.01. The highest BCUT2D eigenvalue weighted by atomic mass is 35.5. The number of carbonyl (C=O) groups is 2. The van der Waals surface area contributed by atoms with E-state index in [1.807, 2.05) is 49.9 Å². The molecule has 2 atom stereocenters. The highest BCUT2D eigenvalue weighted by molar-refractivity contribution is 7.14. The van der Waals surface area contributed by atoms with Gasteiger partial charge in [-0.25, -0.2) is 15.0 Å². The number of ketones is 2. The van der Waals surface area contributed by atoms with Crippen molar-refractivity contribution in [1.29, 1.82) is 0 Å². The number of aliphatic hydroxyl groups is 1. The molecule has 1 aliphatic rings. The molecule has 1 fully saturated rings. The predicted molar refractivity (Wildman–Crippen MR) is 160 cm³/mol. The zero-order valence-corrected chi connectivity index (χ0v) is 25.7. The van der Waals surface area contributed by atoms with Crippen molar-refractivity contribution in [2.24, 2.45) is 0 Å². The molecular weight excluding hydrogens is 564 g/mol. The number of aryl methyl sites for hydroxylation is 1. The van der Waals surface area contributed by atoms with Crippen LogP contribution in [-0.2, 0) is 11.2 Å². The van der Waals surface area contributed by atoms with Gasteiger partial charge in [-0.15, -0.1) is 11.3 Å². The molecule has 9 nitrogen and oxygen atoms in total. The van der Waals surface area contributed by atoms with E-state index in [9.17, 15) is 14.7 Å². The summed E-state index contributed by atoms with van der Waals surface area (Å²) >= 11 is 7.86. The topological polar surface area (TPSA) is 115 Å². The second kappa shape index (κ2) is 13.3. The largest absolute Gasteiger partial charge is 0.489 e. The van der Waals surface area contributed by atoms with E-state index < -0.39 is 5.60 Å². The third-order valence-electron chi connectivity index (χ3n) is 6.83. The van der Waals surface area contributed by atoms with Gasteiger partial charge in [0.25, 0.3) is 0 Å². The average molecular weight is 601 g/mol. The van der Waals surface area contributed by atoms with Crippen LogP contribution in [0.25, 0.3) is 0 Å². The third-order valence-corrected chi connectivity index (χ3v) is 8.36. The Balaban J connectivity index is 1.32. The van der Waals surface area contributed by atoms with E-state index in [4.69, 9.17) is 21.1 Å². The maximum Gasteiger partial charge on any atom is 0.238 e. The van der Waals surface area contributed by atoms with Crippen molar-refractivity contribution in [3.63, 3.8) is 0 Å². The Morgan fingerprint density at radius 1 is 1.24 bits per heavy atom. The molecule has 0 unspecified atom stereocenters. The van der Waals surface area contributed by atoms with Gasteiger partial charge in [0, 0.05) is 25.8 Å². The summed E-state index contributed by atoms with van der Waals surface area (Å²) in [6, 6.07) is 7.87. The summed E-state index contributed by atoms with van der Waals surface area (Å²) in [6.07, 6.45) is 3.28. The Morgan fingerprint density at radius 3 is 2.66 bits per heavy atom. The standard InChI is InChI=1S/C30H37ClN4O5S/c1-6-21(36)14-25-34-19(3)27(41-25)24(37)13-18(2)20-7-9-22(10-8-20)40-23-11-12-35(15-23)28-26(31)29(33-17-32-28)39-16-30(4,5)38/h7-10,17-18,23,38H,6,11-16H2,1-5H3/t18-,23-/m1/s1. The normalized spacial score (nSPS) is 16.1. The molecular formula is C30H37ClN4O5S. The number of Topliss-reactive ketones (excluding diaryl/α,β-unsaturated/α-hetero) is 2. The summed E-state index contributed by atoms with van der Waals surface area (Å²) in [6.45, 7) is 10.4. The summed E-state index contributed by atoms with van der Waals surface area (Å²) in [5.74, 6) is 1.76. The maximum atomic E-state index is 13.0. The first-order valence-electron chi connectivity index (χ1n) is 13.8. The van der Waals surface area contributed by atoms with Gasteiger partial charge in [-0.1, -0.05) is 37.6 Å². The smallest absolute Gasteiger partial charge is 0.238 e. The molecule has 0 saturated carbocycles. The van der Waals surface area contributed by atoms with Crippen LogP contribution in [0, 0.1) is 6.92 Å². The second-order valence-electron chi connectivity index (χ2n) is 11.1. The number of thiazole rings is 1. The first-order valence-corrected chi connectivity index (χ1v) is 15.0. The molecule has 11 heteroatoms. The lowest BCUT2D eigenvalue weighted by molar-refractivity contribution is -0.118. The zero-order valence-electron chi connectivity index (χ0n) is 24.1. The van der Waals surface area contributed by atoms with E-state index in [-0.39, 0.29) is 42.5 Å². The molecule has 4 rings (SSSR count). The average Bonchev–Trinajstić information content (AvgIpc) is 3.53. The maximum absolute atomic E-state index is 13.0. The van der Waals surface area contributed by atoms with Gasteiger partial charge in [0.05, 0.1) is 29.1 Å². The molecule has 41 heavy (non-hydrogen) atoms. The lowest BCUT2D eigenvalue weighted by Gasteiger charge is -2.21. The van der Waals surface area contributed by atoms with Crippen LogP contribution >= 0.6 is 22.9 Å². The Hall–Kier alpha value is -3.08. The molecule has 3 heterocycles. The molecule has 1 aromatic carbocycles. The number of nitrogens with zero attached hydrogens (tertiary/aromatic N) is 4. The highest BCUT2D eigenvalue weighted by Gasteiger charge is 2.28. The van der Waals surface area contributed by atoms with E-state index in [1.54, 1.807) is 13.8 Å². The Labute approximate surface area is 249 Å². The number of anilines is 1. The van der Waals surface area contributed by atoms with Gasteiger partial charge < -0.3 is 19.5 Å². The molecule has 1 N–H and O–H groups in total. The first-order chi connectivity index (χ1) is 19.4. The number of ether oxygens (including phenoxy) is 2. The van der Waals surface area contributed by atoms with Crippen LogP contribution < -0.4 is 14.4 Å². The minimum Gasteiger partial charge on any atom is -0.489 e. The number of aromatic nitrogens is 3. The van der Waals surface area contributed by atoms with Crippen LogP contribution in [0.2, 0.25) is 5.02 Å². The number of hydrogen-bond acceptors (Lipinski definition) is 10. The fourth-order valence-electron chi connectivity index (χ4n) is 4.56. The first kappa shape index (κ1) is 30.9. The van der Waals surface area contributed by atoms with Crippen molar-refractivity contribution in [2.45, 2.75) is 77.9 Å². The Morgan fingerprint density at radius 2 is 1.98 bits per heavy atom. The van der Waals surface area contributed by atoms with E-state index >= 15 is 0 Å². The zero-order chi connectivity index (χ0) is 29.7. The summed E-state index contributed by atoms with van der Waals surface area (Å²) in [5, 5.41) is 11.0. The Bertz CT molecular complexity index is 1370. The molecule has 0 radical (unpaired) electrons. The number of hydrogen-bond donors (Lipinski definition) is 1. The number of benzene rings is 1. The van der Waals surface area contributed by atoms with Crippen LogP contribution in [0.15, 0.2) is 30.6 Å². The van der Waals surface area contributed by atoms with Crippen LogP contribution in [0.1, 0.15) is 78.8 Å². The SMILES string of the molecule is CCC(=O)Cc1nc(C)c(C(=O)C[C@@H](C)c2ccc(O[C@@H]3CCN(c4ncnc(OCC(C)(C)O)c4Cl)C3)cc2)s1. The van der Waals surface area contributed by atoms with Gasteiger partial charge in [0.15, 0.2) is 11.6 Å². The van der Waals surface area contributed by atoms with Gasteiger partial charge in [0.1, 0.15) is 40.6 Å². The van der Waals surface area contributed by atoms with Crippen molar-refractivity contribution in [3.8, 4) is 11.6 Å². The fraction of sp³-hybridized carbons (Fsp3) is 0.500. The summed E-state index contributed by atoms with van der Waals surface area (Å²) < 4.78 is 11.8. The molecule has 0 bridgehead atoms. The molecule has 220 valence electrons. The molecule has 3 aromatic rings. The van der Waals surface area contributed by atoms with E-state index in [2.05, 4.69) is 15.0 Å². The van der Waals surface area contributed by atoms with Crippen molar-refractivity contribution in [1.82, 2.24) is 15.0 Å². The number of carbonyl (C=O) groups excluding carboxylic acids is 2. The van der Waals surface area contributed by atoms with Crippen molar-refractivity contribution < 1.29 is 24.2 Å². The molecule has 0 spiro atoms. The number of halogens is 1. The third kappa shape index (κ3) is 8.24. The van der Waals surface area contributed by atoms with Crippen LogP contribution in [0.4, 0.5) is 5.82 Å². The van der Waals surface area contributed by atoms with E-state index in [0.717, 1.165) is 24.3 Å². The second-order valence-corrected chi connectivity index (χ2v) is 12.5. The predicted octanol–water partition coefficient (Wildman–Crippen LogP) is 5.60. The lowest BCUT2D eigenvalue weighted by Crippen LogP contribution is -2.29. The van der Waals surface area contributed by atoms with Crippen molar-refractivity contribution in [2.75, 3.05) is 24.6 Å².